The van der Waals surface area contributed by atoms with E-state index in [2.05, 4.69) is 27.2 Å². The third-order valence-corrected chi connectivity index (χ3v) is 6.66. The Bertz CT molecular complexity index is 1120. The van der Waals surface area contributed by atoms with Crippen LogP contribution in [0.1, 0.15) is 37.7 Å². The Labute approximate surface area is 174 Å². The number of aromatic nitrogens is 2. The SMILES string of the molecule is Cc1cccc(F)c1-c1nc2scc(-c3ccccc3)n2c1NC1CCCCC1. The summed E-state index contributed by atoms with van der Waals surface area (Å²) in [5, 5.41) is 5.90. The smallest absolute Gasteiger partial charge is 0.196 e. The lowest BCUT2D eigenvalue weighted by Crippen LogP contribution is -2.23. The molecule has 0 aliphatic heterocycles. The second kappa shape index (κ2) is 7.64. The van der Waals surface area contributed by atoms with E-state index in [0.29, 0.717) is 11.6 Å². The molecule has 4 aromatic rings. The molecule has 29 heavy (non-hydrogen) atoms. The average Bonchev–Trinajstić information content (AvgIpc) is 3.30. The number of nitrogens with zero attached hydrogens (tertiary/aromatic N) is 2. The molecular formula is C24H24FN3S. The summed E-state index contributed by atoms with van der Waals surface area (Å²) in [7, 11) is 0. The van der Waals surface area contributed by atoms with Gasteiger partial charge in [0.2, 0.25) is 0 Å². The van der Waals surface area contributed by atoms with Gasteiger partial charge in [-0.05, 0) is 37.0 Å². The van der Waals surface area contributed by atoms with Crippen LogP contribution in [-0.2, 0) is 0 Å². The molecule has 3 nitrogen and oxygen atoms in total. The van der Waals surface area contributed by atoms with Crippen molar-refractivity contribution >= 4 is 22.1 Å². The van der Waals surface area contributed by atoms with E-state index in [-0.39, 0.29) is 5.82 Å². The van der Waals surface area contributed by atoms with Crippen molar-refractivity contribution in [2.24, 2.45) is 0 Å². The molecule has 5 rings (SSSR count). The standard InChI is InChI=1S/C24H24FN3S/c1-16-9-8-14-19(25)21(16)22-23(26-18-12-6-3-7-13-18)28-20(15-29-24(28)27-22)17-10-4-2-5-11-17/h2,4-5,8-11,14-15,18,26H,3,6-7,12-13H2,1H3. The molecule has 2 heterocycles. The molecule has 1 N–H and O–H groups in total. The highest BCUT2D eigenvalue weighted by molar-refractivity contribution is 7.15. The van der Waals surface area contributed by atoms with Crippen molar-refractivity contribution in [1.29, 1.82) is 0 Å². The van der Waals surface area contributed by atoms with E-state index < -0.39 is 0 Å². The van der Waals surface area contributed by atoms with Crippen LogP contribution in [0.2, 0.25) is 0 Å². The van der Waals surface area contributed by atoms with Crippen LogP contribution in [0.15, 0.2) is 53.9 Å². The van der Waals surface area contributed by atoms with Crippen LogP contribution in [0.25, 0.3) is 27.5 Å². The zero-order valence-electron chi connectivity index (χ0n) is 16.5. The molecule has 1 aliphatic rings. The Morgan fingerprint density at radius 1 is 1.03 bits per heavy atom. The minimum Gasteiger partial charge on any atom is -0.367 e. The third kappa shape index (κ3) is 3.33. The van der Waals surface area contributed by atoms with Crippen LogP contribution in [0.3, 0.4) is 0 Å². The number of benzene rings is 2. The van der Waals surface area contributed by atoms with E-state index in [1.807, 2.05) is 31.2 Å². The first kappa shape index (κ1) is 18.4. The number of hydrogen-bond acceptors (Lipinski definition) is 3. The fraction of sp³-hybridized carbons (Fsp3) is 0.292. The van der Waals surface area contributed by atoms with Crippen LogP contribution in [0, 0.1) is 12.7 Å². The Balaban J connectivity index is 1.72. The van der Waals surface area contributed by atoms with Gasteiger partial charge in [-0.15, -0.1) is 11.3 Å². The highest BCUT2D eigenvalue weighted by Crippen LogP contribution is 2.39. The van der Waals surface area contributed by atoms with Gasteiger partial charge in [0.1, 0.15) is 17.3 Å². The van der Waals surface area contributed by atoms with E-state index in [9.17, 15) is 4.39 Å². The van der Waals surface area contributed by atoms with Gasteiger partial charge in [0.05, 0.1) is 5.69 Å². The largest absolute Gasteiger partial charge is 0.367 e. The first-order valence-corrected chi connectivity index (χ1v) is 11.2. The summed E-state index contributed by atoms with van der Waals surface area (Å²) in [6.45, 7) is 1.95. The van der Waals surface area contributed by atoms with Gasteiger partial charge in [-0.25, -0.2) is 9.37 Å². The summed E-state index contributed by atoms with van der Waals surface area (Å²) in [5.41, 5.74) is 4.45. The number of thiazole rings is 1. The van der Waals surface area contributed by atoms with Gasteiger partial charge in [0.15, 0.2) is 4.96 Å². The number of anilines is 1. The topological polar surface area (TPSA) is 29.3 Å². The molecule has 1 fully saturated rings. The molecule has 0 radical (unpaired) electrons. The van der Waals surface area contributed by atoms with E-state index in [4.69, 9.17) is 4.98 Å². The zero-order valence-corrected chi connectivity index (χ0v) is 17.3. The monoisotopic (exact) mass is 405 g/mol. The zero-order chi connectivity index (χ0) is 19.8. The predicted molar refractivity (Wildman–Crippen MR) is 119 cm³/mol. The van der Waals surface area contributed by atoms with Crippen LogP contribution in [0.5, 0.6) is 0 Å². The Morgan fingerprint density at radius 2 is 1.83 bits per heavy atom. The Hall–Kier alpha value is -2.66. The first-order chi connectivity index (χ1) is 14.2. The van der Waals surface area contributed by atoms with Gasteiger partial charge >= 0.3 is 0 Å². The summed E-state index contributed by atoms with van der Waals surface area (Å²) in [6.07, 6.45) is 6.07. The predicted octanol–water partition coefficient (Wildman–Crippen LogP) is 6.92. The van der Waals surface area contributed by atoms with Crippen LogP contribution >= 0.6 is 11.3 Å². The van der Waals surface area contributed by atoms with Crippen molar-refractivity contribution in [1.82, 2.24) is 9.38 Å². The number of rotatable bonds is 4. The van der Waals surface area contributed by atoms with Gasteiger partial charge in [-0.1, -0.05) is 61.7 Å². The summed E-state index contributed by atoms with van der Waals surface area (Å²) >= 11 is 1.60. The number of aryl methyl sites for hydroxylation is 1. The molecule has 148 valence electrons. The minimum absolute atomic E-state index is 0.219. The average molecular weight is 406 g/mol. The molecule has 0 bridgehead atoms. The molecule has 1 aliphatic carbocycles. The molecular weight excluding hydrogens is 381 g/mol. The summed E-state index contributed by atoms with van der Waals surface area (Å²) in [6, 6.07) is 16.0. The number of hydrogen-bond donors (Lipinski definition) is 1. The van der Waals surface area contributed by atoms with E-state index in [1.165, 1.54) is 25.3 Å². The number of nitrogens with one attached hydrogen (secondary N) is 1. The van der Waals surface area contributed by atoms with Crippen molar-refractivity contribution in [3.63, 3.8) is 0 Å². The lowest BCUT2D eigenvalue weighted by atomic mass is 9.95. The molecule has 2 aromatic carbocycles. The lowest BCUT2D eigenvalue weighted by molar-refractivity contribution is 0.462. The van der Waals surface area contributed by atoms with Crippen molar-refractivity contribution < 1.29 is 4.39 Å². The van der Waals surface area contributed by atoms with Crippen LogP contribution in [0.4, 0.5) is 10.2 Å². The van der Waals surface area contributed by atoms with Crippen LogP contribution < -0.4 is 5.32 Å². The maximum atomic E-state index is 14.9. The van der Waals surface area contributed by atoms with Gasteiger partial charge in [0, 0.05) is 17.0 Å². The normalized spacial score (nSPS) is 15.1. The number of imidazole rings is 1. The van der Waals surface area contributed by atoms with E-state index >= 15 is 0 Å². The van der Waals surface area contributed by atoms with Crippen molar-refractivity contribution in [3.8, 4) is 22.5 Å². The summed E-state index contributed by atoms with van der Waals surface area (Å²) in [5.74, 6) is 0.698. The third-order valence-electron chi connectivity index (χ3n) is 5.84. The Kier molecular flexibility index (Phi) is 4.84. The summed E-state index contributed by atoms with van der Waals surface area (Å²) < 4.78 is 17.1. The molecule has 0 saturated heterocycles. The molecule has 0 atom stereocenters. The van der Waals surface area contributed by atoms with Gasteiger partial charge in [-0.2, -0.15) is 0 Å². The van der Waals surface area contributed by atoms with Crippen LogP contribution in [-0.4, -0.2) is 15.4 Å². The number of fused-ring (bicyclic) bond motifs is 1. The quantitative estimate of drug-likeness (QED) is 0.399. The second-order valence-electron chi connectivity index (χ2n) is 7.82. The second-order valence-corrected chi connectivity index (χ2v) is 8.66. The highest BCUT2D eigenvalue weighted by atomic mass is 32.1. The van der Waals surface area contributed by atoms with Crippen molar-refractivity contribution in [2.45, 2.75) is 45.1 Å². The van der Waals surface area contributed by atoms with Gasteiger partial charge in [0.25, 0.3) is 0 Å². The van der Waals surface area contributed by atoms with E-state index in [0.717, 1.165) is 46.1 Å². The van der Waals surface area contributed by atoms with Gasteiger partial charge in [-0.3, -0.25) is 4.40 Å². The lowest BCUT2D eigenvalue weighted by Gasteiger charge is -2.24. The summed E-state index contributed by atoms with van der Waals surface area (Å²) in [4.78, 5) is 5.78. The maximum Gasteiger partial charge on any atom is 0.196 e. The molecule has 0 amide bonds. The minimum atomic E-state index is -0.219. The maximum absolute atomic E-state index is 14.9. The van der Waals surface area contributed by atoms with E-state index in [1.54, 1.807) is 17.4 Å². The van der Waals surface area contributed by atoms with Crippen molar-refractivity contribution in [3.05, 3.63) is 65.3 Å². The molecule has 5 heteroatoms. The molecule has 0 spiro atoms. The first-order valence-electron chi connectivity index (χ1n) is 10.3. The molecule has 2 aromatic heterocycles. The fourth-order valence-corrected chi connectivity index (χ4v) is 5.25. The molecule has 0 unspecified atom stereocenters. The van der Waals surface area contributed by atoms with Gasteiger partial charge < -0.3 is 5.32 Å². The number of halogens is 1. The molecule has 1 saturated carbocycles. The van der Waals surface area contributed by atoms with Crippen molar-refractivity contribution in [2.75, 3.05) is 5.32 Å². The highest BCUT2D eigenvalue weighted by Gasteiger charge is 2.24. The fourth-order valence-electron chi connectivity index (χ4n) is 4.35. The Morgan fingerprint density at radius 3 is 2.59 bits per heavy atom.